The number of aryl methyl sites for hydroxylation is 1. The van der Waals surface area contributed by atoms with E-state index >= 15 is 0 Å². The Labute approximate surface area is 128 Å². The van der Waals surface area contributed by atoms with Crippen molar-refractivity contribution in [1.29, 1.82) is 0 Å². The monoisotopic (exact) mass is 359 g/mol. The van der Waals surface area contributed by atoms with Gasteiger partial charge in [0.25, 0.3) is 0 Å². The maximum absolute atomic E-state index is 12.7. The Bertz CT molecular complexity index is 601. The molecular formula is C14H18BrNO3S. The Morgan fingerprint density at radius 3 is 2.30 bits per heavy atom. The lowest BCUT2D eigenvalue weighted by Gasteiger charge is -2.21. The first-order chi connectivity index (χ1) is 9.38. The van der Waals surface area contributed by atoms with Gasteiger partial charge in [-0.3, -0.25) is 0 Å². The van der Waals surface area contributed by atoms with Crippen LogP contribution in [-0.2, 0) is 10.0 Å². The number of nitrogens with zero attached hydrogens (tertiary/aromatic N) is 1. The third-order valence-corrected chi connectivity index (χ3v) is 5.44. The second kappa shape index (κ2) is 7.06. The van der Waals surface area contributed by atoms with Crippen molar-refractivity contribution >= 4 is 26.0 Å². The lowest BCUT2D eigenvalue weighted by Crippen LogP contribution is -2.31. The summed E-state index contributed by atoms with van der Waals surface area (Å²) in [5.41, 5.74) is 0.903. The highest BCUT2D eigenvalue weighted by molar-refractivity contribution is 9.10. The number of halogens is 1. The summed E-state index contributed by atoms with van der Waals surface area (Å²) < 4.78 is 32.6. The molecule has 0 atom stereocenters. The minimum Gasteiger partial charge on any atom is -0.495 e. The largest absolute Gasteiger partial charge is 0.495 e. The molecule has 0 bridgehead atoms. The molecule has 0 aliphatic heterocycles. The van der Waals surface area contributed by atoms with E-state index in [-0.39, 0.29) is 18.0 Å². The second-order valence-electron chi connectivity index (χ2n) is 4.15. The van der Waals surface area contributed by atoms with Crippen molar-refractivity contribution in [2.45, 2.75) is 11.8 Å². The van der Waals surface area contributed by atoms with Crippen molar-refractivity contribution in [3.63, 3.8) is 0 Å². The third kappa shape index (κ3) is 3.50. The molecule has 1 aromatic carbocycles. The van der Waals surface area contributed by atoms with Gasteiger partial charge in [0.15, 0.2) is 0 Å². The lowest BCUT2D eigenvalue weighted by molar-refractivity contribution is 0.397. The van der Waals surface area contributed by atoms with Crippen LogP contribution in [0.15, 0.2) is 46.8 Å². The van der Waals surface area contributed by atoms with Gasteiger partial charge in [0.05, 0.1) is 7.11 Å². The van der Waals surface area contributed by atoms with Crippen molar-refractivity contribution < 1.29 is 13.2 Å². The highest BCUT2D eigenvalue weighted by atomic mass is 79.9. The summed E-state index contributed by atoms with van der Waals surface area (Å²) in [6.07, 6.45) is 3.08. The first kappa shape index (κ1) is 16.9. The van der Waals surface area contributed by atoms with Crippen molar-refractivity contribution in [3.05, 3.63) is 47.5 Å². The molecule has 1 aromatic rings. The lowest BCUT2D eigenvalue weighted by atomic mass is 10.2. The fraction of sp³-hybridized carbons (Fsp3) is 0.286. The zero-order valence-corrected chi connectivity index (χ0v) is 14.0. The van der Waals surface area contributed by atoms with Crippen LogP contribution in [-0.4, -0.2) is 32.9 Å². The number of methoxy groups -OCH3 is 1. The molecule has 0 aliphatic carbocycles. The summed E-state index contributed by atoms with van der Waals surface area (Å²) in [6.45, 7) is 9.46. The number of hydrogen-bond acceptors (Lipinski definition) is 3. The molecule has 0 aromatic heterocycles. The van der Waals surface area contributed by atoms with Crippen LogP contribution in [0.2, 0.25) is 0 Å². The minimum absolute atomic E-state index is 0.126. The standard InChI is InChI=1S/C14H18BrNO3S/c1-5-7-16(8-6-2)20(17,18)14-10-12(15)11(3)9-13(14)19-4/h5-6,9-10H,1-2,7-8H2,3-4H3. The van der Waals surface area contributed by atoms with E-state index in [1.54, 1.807) is 12.1 Å². The van der Waals surface area contributed by atoms with E-state index in [0.29, 0.717) is 10.2 Å². The molecule has 0 amide bonds. The molecule has 1 rings (SSSR count). The van der Waals surface area contributed by atoms with E-state index in [9.17, 15) is 8.42 Å². The highest BCUT2D eigenvalue weighted by Gasteiger charge is 2.27. The molecule has 0 heterocycles. The van der Waals surface area contributed by atoms with Gasteiger partial charge in [-0.15, -0.1) is 13.2 Å². The smallest absolute Gasteiger partial charge is 0.247 e. The fourth-order valence-corrected chi connectivity index (χ4v) is 3.74. The molecule has 0 fully saturated rings. The summed E-state index contributed by atoms with van der Waals surface area (Å²) in [5, 5.41) is 0. The summed E-state index contributed by atoms with van der Waals surface area (Å²) in [6, 6.07) is 3.25. The Hall–Kier alpha value is -1.11. The third-order valence-electron chi connectivity index (χ3n) is 2.73. The molecule has 110 valence electrons. The topological polar surface area (TPSA) is 46.6 Å². The van der Waals surface area contributed by atoms with Gasteiger partial charge >= 0.3 is 0 Å². The van der Waals surface area contributed by atoms with Gasteiger partial charge in [-0.2, -0.15) is 4.31 Å². The first-order valence-corrected chi connectivity index (χ1v) is 8.17. The van der Waals surface area contributed by atoms with Gasteiger partial charge in [-0.25, -0.2) is 8.42 Å². The van der Waals surface area contributed by atoms with E-state index < -0.39 is 10.0 Å². The van der Waals surface area contributed by atoms with E-state index in [2.05, 4.69) is 29.1 Å². The zero-order valence-electron chi connectivity index (χ0n) is 11.6. The van der Waals surface area contributed by atoms with Gasteiger partial charge in [0, 0.05) is 17.6 Å². The number of benzene rings is 1. The molecular weight excluding hydrogens is 342 g/mol. The molecule has 0 aliphatic rings. The number of sulfonamides is 1. The summed E-state index contributed by atoms with van der Waals surface area (Å²) >= 11 is 3.35. The fourth-order valence-electron chi connectivity index (χ4n) is 1.70. The Morgan fingerprint density at radius 2 is 1.85 bits per heavy atom. The van der Waals surface area contributed by atoms with Crippen LogP contribution < -0.4 is 4.74 Å². The van der Waals surface area contributed by atoms with Gasteiger partial charge in [0.2, 0.25) is 10.0 Å². The van der Waals surface area contributed by atoms with E-state index in [4.69, 9.17) is 4.74 Å². The molecule has 0 radical (unpaired) electrons. The van der Waals surface area contributed by atoms with Crippen LogP contribution in [0, 0.1) is 6.92 Å². The van der Waals surface area contributed by atoms with Gasteiger partial charge < -0.3 is 4.74 Å². The molecule has 0 unspecified atom stereocenters. The van der Waals surface area contributed by atoms with Crippen molar-refractivity contribution in [3.8, 4) is 5.75 Å². The Morgan fingerprint density at radius 1 is 1.30 bits per heavy atom. The van der Waals surface area contributed by atoms with E-state index in [0.717, 1.165) is 5.56 Å². The average molecular weight is 360 g/mol. The average Bonchev–Trinajstić information content (AvgIpc) is 2.41. The van der Waals surface area contributed by atoms with E-state index in [1.165, 1.54) is 23.6 Å². The van der Waals surface area contributed by atoms with Crippen molar-refractivity contribution in [2.75, 3.05) is 20.2 Å². The Kier molecular flexibility index (Phi) is 5.98. The number of rotatable bonds is 7. The number of hydrogen-bond donors (Lipinski definition) is 0. The van der Waals surface area contributed by atoms with Crippen LogP contribution in [0.5, 0.6) is 5.75 Å². The summed E-state index contributed by atoms with van der Waals surface area (Å²) in [5.74, 6) is 0.323. The second-order valence-corrected chi connectivity index (χ2v) is 6.91. The van der Waals surface area contributed by atoms with Crippen molar-refractivity contribution in [2.24, 2.45) is 0 Å². The van der Waals surface area contributed by atoms with Crippen LogP contribution in [0.4, 0.5) is 0 Å². The van der Waals surface area contributed by atoms with Gasteiger partial charge in [-0.05, 0) is 24.6 Å². The normalized spacial score (nSPS) is 11.4. The van der Waals surface area contributed by atoms with Crippen LogP contribution in [0.3, 0.4) is 0 Å². The Balaban J connectivity index is 3.43. The van der Waals surface area contributed by atoms with Gasteiger partial charge in [0.1, 0.15) is 10.6 Å². The van der Waals surface area contributed by atoms with E-state index in [1.807, 2.05) is 6.92 Å². The molecule has 0 saturated heterocycles. The molecule has 0 N–H and O–H groups in total. The predicted molar refractivity (Wildman–Crippen MR) is 84.6 cm³/mol. The molecule has 4 nitrogen and oxygen atoms in total. The maximum Gasteiger partial charge on any atom is 0.247 e. The zero-order chi connectivity index (χ0) is 15.3. The molecule has 0 saturated carbocycles. The van der Waals surface area contributed by atoms with Gasteiger partial charge in [-0.1, -0.05) is 28.1 Å². The summed E-state index contributed by atoms with van der Waals surface area (Å²) in [4.78, 5) is 0.126. The first-order valence-electron chi connectivity index (χ1n) is 5.94. The SMILES string of the molecule is C=CCN(CC=C)S(=O)(=O)c1cc(Br)c(C)cc1OC. The molecule has 0 spiro atoms. The quantitative estimate of drug-likeness (QED) is 0.702. The minimum atomic E-state index is -3.67. The molecule has 6 heteroatoms. The number of ether oxygens (including phenoxy) is 1. The van der Waals surface area contributed by atoms with Crippen LogP contribution in [0.25, 0.3) is 0 Å². The predicted octanol–water partition coefficient (Wildman–Crippen LogP) is 3.13. The highest BCUT2D eigenvalue weighted by Crippen LogP contribution is 2.32. The van der Waals surface area contributed by atoms with Crippen molar-refractivity contribution in [1.82, 2.24) is 4.31 Å². The molecule has 20 heavy (non-hydrogen) atoms. The van der Waals surface area contributed by atoms with Crippen LogP contribution in [0.1, 0.15) is 5.56 Å². The maximum atomic E-state index is 12.7. The van der Waals surface area contributed by atoms with Crippen LogP contribution >= 0.6 is 15.9 Å². The summed E-state index contributed by atoms with van der Waals surface area (Å²) in [7, 11) is -2.22.